The van der Waals surface area contributed by atoms with Crippen molar-refractivity contribution < 1.29 is 0 Å². The van der Waals surface area contributed by atoms with Crippen LogP contribution in [0.5, 0.6) is 0 Å². The summed E-state index contributed by atoms with van der Waals surface area (Å²) >= 11 is 0. The van der Waals surface area contributed by atoms with Gasteiger partial charge in [0.05, 0.1) is 5.52 Å². The second-order valence-corrected chi connectivity index (χ2v) is 5.63. The summed E-state index contributed by atoms with van der Waals surface area (Å²) in [4.78, 5) is 4.79. The van der Waals surface area contributed by atoms with Crippen LogP contribution in [-0.2, 0) is 6.42 Å². The van der Waals surface area contributed by atoms with Gasteiger partial charge in [0.15, 0.2) is 0 Å². The smallest absolute Gasteiger partial charge is 0.0705 e. The van der Waals surface area contributed by atoms with Gasteiger partial charge in [0.25, 0.3) is 0 Å². The summed E-state index contributed by atoms with van der Waals surface area (Å²) in [6.45, 7) is 3.28. The van der Waals surface area contributed by atoms with E-state index >= 15 is 0 Å². The van der Waals surface area contributed by atoms with E-state index in [1.807, 2.05) is 0 Å². The summed E-state index contributed by atoms with van der Waals surface area (Å²) < 4.78 is 0. The van der Waals surface area contributed by atoms with E-state index in [0.717, 1.165) is 30.4 Å². The molecule has 0 saturated heterocycles. The minimum absolute atomic E-state index is 0.732. The van der Waals surface area contributed by atoms with Gasteiger partial charge in [0.2, 0.25) is 0 Å². The zero-order valence-corrected chi connectivity index (χ0v) is 11.6. The van der Waals surface area contributed by atoms with Crippen molar-refractivity contribution in [2.45, 2.75) is 38.6 Å². The minimum Gasteiger partial charge on any atom is -0.314 e. The van der Waals surface area contributed by atoms with E-state index in [9.17, 15) is 0 Å². The number of nitrogens with one attached hydrogen (secondary N) is 1. The van der Waals surface area contributed by atoms with E-state index in [1.54, 1.807) is 0 Å². The largest absolute Gasteiger partial charge is 0.314 e. The molecule has 2 atom stereocenters. The Morgan fingerprint density at radius 1 is 1.16 bits per heavy atom. The Kier molecular flexibility index (Phi) is 3.79. The predicted octanol–water partition coefficient (Wildman–Crippen LogP) is 3.56. The quantitative estimate of drug-likeness (QED) is 0.902. The fourth-order valence-corrected chi connectivity index (χ4v) is 3.25. The van der Waals surface area contributed by atoms with Crippen LogP contribution in [0.1, 0.15) is 31.9 Å². The third-order valence-corrected chi connectivity index (χ3v) is 4.19. The van der Waals surface area contributed by atoms with Crippen molar-refractivity contribution in [3.8, 4) is 0 Å². The molecular weight excluding hydrogens is 232 g/mol. The number of fused-ring (bicyclic) bond motifs is 1. The van der Waals surface area contributed by atoms with Crippen molar-refractivity contribution in [3.63, 3.8) is 0 Å². The molecule has 1 fully saturated rings. The van der Waals surface area contributed by atoms with Crippen LogP contribution in [0.25, 0.3) is 10.9 Å². The van der Waals surface area contributed by atoms with E-state index in [-0.39, 0.29) is 0 Å². The number of aromatic nitrogens is 1. The highest BCUT2D eigenvalue weighted by atomic mass is 14.9. The molecule has 1 aliphatic rings. The molecule has 3 rings (SSSR count). The van der Waals surface area contributed by atoms with Gasteiger partial charge in [-0.25, -0.2) is 0 Å². The summed E-state index contributed by atoms with van der Waals surface area (Å²) in [7, 11) is 0. The second kappa shape index (κ2) is 5.70. The number of pyridine rings is 1. The molecule has 0 spiro atoms. The maximum Gasteiger partial charge on any atom is 0.0705 e. The maximum absolute atomic E-state index is 4.79. The first-order valence-electron chi connectivity index (χ1n) is 7.43. The SMILES string of the molecule is CCNC1CCC(Cc2ccc3ccccc3n2)C1. The van der Waals surface area contributed by atoms with Gasteiger partial charge in [-0.05, 0) is 50.3 Å². The molecule has 100 valence electrons. The van der Waals surface area contributed by atoms with E-state index in [0.29, 0.717) is 0 Å². The highest BCUT2D eigenvalue weighted by Gasteiger charge is 2.24. The lowest BCUT2D eigenvalue weighted by atomic mass is 10.0. The van der Waals surface area contributed by atoms with Crippen LogP contribution in [0.3, 0.4) is 0 Å². The third-order valence-electron chi connectivity index (χ3n) is 4.19. The van der Waals surface area contributed by atoms with Gasteiger partial charge in [-0.15, -0.1) is 0 Å². The van der Waals surface area contributed by atoms with Crippen molar-refractivity contribution in [1.82, 2.24) is 10.3 Å². The highest BCUT2D eigenvalue weighted by Crippen LogP contribution is 2.28. The van der Waals surface area contributed by atoms with Gasteiger partial charge >= 0.3 is 0 Å². The molecule has 0 amide bonds. The summed E-state index contributed by atoms with van der Waals surface area (Å²) in [6, 6.07) is 13.5. The van der Waals surface area contributed by atoms with Crippen molar-refractivity contribution in [3.05, 3.63) is 42.1 Å². The first kappa shape index (κ1) is 12.6. The van der Waals surface area contributed by atoms with Gasteiger partial charge in [-0.2, -0.15) is 0 Å². The Balaban J connectivity index is 1.68. The molecule has 1 heterocycles. The van der Waals surface area contributed by atoms with Crippen molar-refractivity contribution >= 4 is 10.9 Å². The average molecular weight is 254 g/mol. The number of para-hydroxylation sites is 1. The zero-order valence-electron chi connectivity index (χ0n) is 11.6. The standard InChI is InChI=1S/C17H22N2/c1-2-18-15-9-7-13(11-15)12-16-10-8-14-5-3-4-6-17(14)19-16/h3-6,8,10,13,15,18H,2,7,9,11-12H2,1H3. The zero-order chi connectivity index (χ0) is 13.1. The monoisotopic (exact) mass is 254 g/mol. The summed E-state index contributed by atoms with van der Waals surface area (Å²) in [5, 5.41) is 4.81. The summed E-state index contributed by atoms with van der Waals surface area (Å²) in [6.07, 6.45) is 5.10. The van der Waals surface area contributed by atoms with Crippen molar-refractivity contribution in [2.24, 2.45) is 5.92 Å². The highest BCUT2D eigenvalue weighted by molar-refractivity contribution is 5.78. The van der Waals surface area contributed by atoms with Crippen LogP contribution in [0, 0.1) is 5.92 Å². The van der Waals surface area contributed by atoms with Crippen LogP contribution >= 0.6 is 0 Å². The molecule has 1 saturated carbocycles. The van der Waals surface area contributed by atoms with Crippen LogP contribution < -0.4 is 5.32 Å². The average Bonchev–Trinajstić information content (AvgIpc) is 2.86. The van der Waals surface area contributed by atoms with Crippen LogP contribution in [0.15, 0.2) is 36.4 Å². The molecule has 2 nitrogen and oxygen atoms in total. The van der Waals surface area contributed by atoms with Crippen LogP contribution in [0.2, 0.25) is 0 Å². The normalized spacial score (nSPS) is 23.0. The Labute approximate surface area is 115 Å². The Bertz CT molecular complexity index is 550. The molecule has 1 aromatic heterocycles. The Morgan fingerprint density at radius 3 is 2.95 bits per heavy atom. The van der Waals surface area contributed by atoms with Crippen molar-refractivity contribution in [1.29, 1.82) is 0 Å². The molecule has 1 aromatic carbocycles. The number of nitrogens with zero attached hydrogens (tertiary/aromatic N) is 1. The Morgan fingerprint density at radius 2 is 2.05 bits per heavy atom. The molecule has 2 aromatic rings. The van der Waals surface area contributed by atoms with E-state index in [4.69, 9.17) is 4.98 Å². The van der Waals surface area contributed by atoms with Crippen molar-refractivity contribution in [2.75, 3.05) is 6.54 Å². The summed E-state index contributed by atoms with van der Waals surface area (Å²) in [5.74, 6) is 0.803. The fourth-order valence-electron chi connectivity index (χ4n) is 3.25. The van der Waals surface area contributed by atoms with E-state index in [2.05, 4.69) is 48.6 Å². The molecule has 0 bridgehead atoms. The first-order valence-corrected chi connectivity index (χ1v) is 7.43. The Hall–Kier alpha value is -1.41. The number of benzene rings is 1. The molecular formula is C17H22N2. The molecule has 0 radical (unpaired) electrons. The number of hydrogen-bond donors (Lipinski definition) is 1. The predicted molar refractivity (Wildman–Crippen MR) is 80.3 cm³/mol. The van der Waals surface area contributed by atoms with Gasteiger partial charge in [0, 0.05) is 17.1 Å². The molecule has 2 heteroatoms. The lowest BCUT2D eigenvalue weighted by molar-refractivity contribution is 0.491. The second-order valence-electron chi connectivity index (χ2n) is 5.63. The lowest BCUT2D eigenvalue weighted by Crippen LogP contribution is -2.25. The van der Waals surface area contributed by atoms with E-state index < -0.39 is 0 Å². The minimum atomic E-state index is 0.732. The molecule has 19 heavy (non-hydrogen) atoms. The number of rotatable bonds is 4. The van der Waals surface area contributed by atoms with Gasteiger partial charge in [0.1, 0.15) is 0 Å². The first-order chi connectivity index (χ1) is 9.35. The van der Waals surface area contributed by atoms with Gasteiger partial charge < -0.3 is 5.32 Å². The third kappa shape index (κ3) is 2.95. The van der Waals surface area contributed by atoms with Crippen LogP contribution in [-0.4, -0.2) is 17.6 Å². The van der Waals surface area contributed by atoms with E-state index in [1.165, 1.54) is 30.3 Å². The molecule has 1 N–H and O–H groups in total. The number of hydrogen-bond acceptors (Lipinski definition) is 2. The molecule has 1 aliphatic carbocycles. The molecule has 2 unspecified atom stereocenters. The topological polar surface area (TPSA) is 24.9 Å². The fraction of sp³-hybridized carbons (Fsp3) is 0.471. The van der Waals surface area contributed by atoms with Gasteiger partial charge in [-0.1, -0.05) is 31.2 Å². The summed E-state index contributed by atoms with van der Waals surface area (Å²) in [5.41, 5.74) is 2.38. The van der Waals surface area contributed by atoms with Gasteiger partial charge in [-0.3, -0.25) is 4.98 Å². The maximum atomic E-state index is 4.79. The molecule has 0 aliphatic heterocycles. The lowest BCUT2D eigenvalue weighted by Gasteiger charge is -2.12. The van der Waals surface area contributed by atoms with Crippen LogP contribution in [0.4, 0.5) is 0 Å².